The van der Waals surface area contributed by atoms with Crippen LogP contribution in [0.5, 0.6) is 0 Å². The molecular weight excluding hydrogens is 456 g/mol. The molecule has 1 N–H and O–H groups in total. The molecular formula is C28H28N4O4. The Morgan fingerprint density at radius 2 is 1.89 bits per heavy atom. The summed E-state index contributed by atoms with van der Waals surface area (Å²) in [5.41, 5.74) is 5.65. The largest absolute Gasteiger partial charge is 0.436 e. The summed E-state index contributed by atoms with van der Waals surface area (Å²) in [6.45, 7) is 7.74. The van der Waals surface area contributed by atoms with Gasteiger partial charge in [0.15, 0.2) is 5.58 Å². The van der Waals surface area contributed by atoms with E-state index in [0.717, 1.165) is 53.7 Å². The van der Waals surface area contributed by atoms with Crippen LogP contribution in [0.3, 0.4) is 0 Å². The van der Waals surface area contributed by atoms with Gasteiger partial charge in [-0.25, -0.2) is 4.98 Å². The third-order valence-corrected chi connectivity index (χ3v) is 6.75. The number of fused-ring (bicyclic) bond motifs is 1. The van der Waals surface area contributed by atoms with Crippen molar-refractivity contribution in [2.24, 2.45) is 5.92 Å². The SMILES string of the molecule is Cc1cc(C)c2oc(-c3cccc(NC(=O)c4ccc(N5CCC(C)CC5)c([N+](=O)[O-])c4)c3)nc2c1. The fourth-order valence-electron chi connectivity index (χ4n) is 4.76. The standard InChI is InChI=1S/C28H28N4O4/c1-17-9-11-31(12-10-17)24-8-7-20(16-25(24)32(34)35)27(33)29-22-6-4-5-21(15-22)28-30-23-14-18(2)13-19(3)26(23)36-28/h4-8,13-17H,9-12H2,1-3H3,(H,29,33). The van der Waals surface area contributed by atoms with Crippen molar-refractivity contribution >= 4 is 34.1 Å². The monoisotopic (exact) mass is 484 g/mol. The highest BCUT2D eigenvalue weighted by atomic mass is 16.6. The third-order valence-electron chi connectivity index (χ3n) is 6.75. The molecule has 184 valence electrons. The van der Waals surface area contributed by atoms with E-state index >= 15 is 0 Å². The highest BCUT2D eigenvalue weighted by molar-refractivity contribution is 6.05. The van der Waals surface area contributed by atoms with E-state index in [9.17, 15) is 14.9 Å². The summed E-state index contributed by atoms with van der Waals surface area (Å²) >= 11 is 0. The molecule has 3 aromatic carbocycles. The van der Waals surface area contributed by atoms with Crippen molar-refractivity contribution in [1.82, 2.24) is 4.98 Å². The minimum Gasteiger partial charge on any atom is -0.436 e. The molecule has 8 heteroatoms. The first-order chi connectivity index (χ1) is 17.3. The van der Waals surface area contributed by atoms with Gasteiger partial charge in [0.2, 0.25) is 5.89 Å². The van der Waals surface area contributed by atoms with Crippen molar-refractivity contribution < 1.29 is 14.1 Å². The van der Waals surface area contributed by atoms with Gasteiger partial charge in [-0.05, 0) is 80.1 Å². The Labute approximate surface area is 209 Å². The Hall–Kier alpha value is -4.20. The number of carbonyl (C=O) groups excluding carboxylic acids is 1. The van der Waals surface area contributed by atoms with E-state index < -0.39 is 10.8 Å². The van der Waals surface area contributed by atoms with Crippen LogP contribution < -0.4 is 10.2 Å². The van der Waals surface area contributed by atoms with Gasteiger partial charge in [0, 0.05) is 36.0 Å². The van der Waals surface area contributed by atoms with E-state index in [1.165, 1.54) is 6.07 Å². The lowest BCUT2D eigenvalue weighted by Gasteiger charge is -2.31. The first kappa shape index (κ1) is 23.5. The van der Waals surface area contributed by atoms with Crippen molar-refractivity contribution in [1.29, 1.82) is 0 Å². The Kier molecular flexibility index (Phi) is 6.18. The van der Waals surface area contributed by atoms with Crippen molar-refractivity contribution in [3.05, 3.63) is 81.4 Å². The van der Waals surface area contributed by atoms with E-state index in [0.29, 0.717) is 23.2 Å². The molecule has 36 heavy (non-hydrogen) atoms. The van der Waals surface area contributed by atoms with Gasteiger partial charge in [0.25, 0.3) is 11.6 Å². The summed E-state index contributed by atoms with van der Waals surface area (Å²) in [4.78, 5) is 31.0. The fourth-order valence-corrected chi connectivity index (χ4v) is 4.76. The molecule has 0 atom stereocenters. The summed E-state index contributed by atoms with van der Waals surface area (Å²) < 4.78 is 6.00. The minimum atomic E-state index is -0.418. The van der Waals surface area contributed by atoms with Crippen LogP contribution in [-0.4, -0.2) is 28.9 Å². The molecule has 2 heterocycles. The molecule has 0 bridgehead atoms. The molecule has 1 aromatic heterocycles. The van der Waals surface area contributed by atoms with Gasteiger partial charge in [-0.1, -0.05) is 19.1 Å². The molecule has 1 saturated heterocycles. The molecule has 8 nitrogen and oxygen atoms in total. The van der Waals surface area contributed by atoms with E-state index in [4.69, 9.17) is 4.42 Å². The van der Waals surface area contributed by atoms with Crippen LogP contribution in [0.4, 0.5) is 17.1 Å². The Morgan fingerprint density at radius 3 is 2.64 bits per heavy atom. The van der Waals surface area contributed by atoms with Crippen LogP contribution in [-0.2, 0) is 0 Å². The van der Waals surface area contributed by atoms with Crippen LogP contribution in [0.1, 0.15) is 41.3 Å². The van der Waals surface area contributed by atoms with Crippen LogP contribution in [0.15, 0.2) is 59.0 Å². The lowest BCUT2D eigenvalue weighted by atomic mass is 9.98. The number of benzene rings is 3. The van der Waals surface area contributed by atoms with Gasteiger partial charge in [-0.15, -0.1) is 0 Å². The summed E-state index contributed by atoms with van der Waals surface area (Å²) in [5.74, 6) is 0.660. The molecule has 1 fully saturated rings. The van der Waals surface area contributed by atoms with Gasteiger partial charge >= 0.3 is 0 Å². The van der Waals surface area contributed by atoms with Gasteiger partial charge < -0.3 is 14.6 Å². The minimum absolute atomic E-state index is 0.0527. The van der Waals surface area contributed by atoms with E-state index in [-0.39, 0.29) is 11.3 Å². The van der Waals surface area contributed by atoms with Crippen molar-refractivity contribution in [3.8, 4) is 11.5 Å². The number of rotatable bonds is 5. The number of anilines is 2. The number of aryl methyl sites for hydroxylation is 2. The number of nitro groups is 1. The summed E-state index contributed by atoms with van der Waals surface area (Å²) in [7, 11) is 0. The quantitative estimate of drug-likeness (QED) is 0.256. The average Bonchev–Trinajstić information content (AvgIpc) is 3.29. The Morgan fingerprint density at radius 1 is 1.11 bits per heavy atom. The number of nitrogens with zero attached hydrogens (tertiary/aromatic N) is 3. The van der Waals surface area contributed by atoms with Gasteiger partial charge in [-0.3, -0.25) is 14.9 Å². The number of nitrogens with one attached hydrogen (secondary N) is 1. The Bertz CT molecular complexity index is 1470. The molecule has 1 aliphatic heterocycles. The maximum atomic E-state index is 13.0. The number of piperidine rings is 1. The second kappa shape index (κ2) is 9.45. The van der Waals surface area contributed by atoms with E-state index in [1.807, 2.05) is 36.9 Å². The average molecular weight is 485 g/mol. The predicted molar refractivity (Wildman–Crippen MR) is 141 cm³/mol. The summed E-state index contributed by atoms with van der Waals surface area (Å²) in [5, 5.41) is 14.7. The Balaban J connectivity index is 1.38. The second-order valence-corrected chi connectivity index (χ2v) is 9.61. The first-order valence-electron chi connectivity index (χ1n) is 12.1. The zero-order valence-corrected chi connectivity index (χ0v) is 20.6. The van der Waals surface area contributed by atoms with Crippen LogP contribution in [0.2, 0.25) is 0 Å². The topological polar surface area (TPSA) is 102 Å². The van der Waals surface area contributed by atoms with Crippen molar-refractivity contribution in [2.45, 2.75) is 33.6 Å². The number of carbonyl (C=O) groups is 1. The summed E-state index contributed by atoms with van der Waals surface area (Å²) in [6, 6.07) is 15.9. The number of nitro benzene ring substituents is 1. The van der Waals surface area contributed by atoms with Gasteiger partial charge in [-0.2, -0.15) is 0 Å². The highest BCUT2D eigenvalue weighted by Gasteiger charge is 2.25. The summed E-state index contributed by atoms with van der Waals surface area (Å²) in [6.07, 6.45) is 1.99. The number of aromatic nitrogens is 1. The first-order valence-corrected chi connectivity index (χ1v) is 12.1. The second-order valence-electron chi connectivity index (χ2n) is 9.61. The van der Waals surface area contributed by atoms with Gasteiger partial charge in [0.1, 0.15) is 11.2 Å². The maximum absolute atomic E-state index is 13.0. The van der Waals surface area contributed by atoms with Crippen molar-refractivity contribution in [3.63, 3.8) is 0 Å². The number of hydrogen-bond acceptors (Lipinski definition) is 6. The molecule has 0 aliphatic carbocycles. The molecule has 5 rings (SSSR count). The maximum Gasteiger partial charge on any atom is 0.293 e. The van der Waals surface area contributed by atoms with Crippen molar-refractivity contribution in [2.75, 3.05) is 23.3 Å². The fraction of sp³-hybridized carbons (Fsp3) is 0.286. The lowest BCUT2D eigenvalue weighted by molar-refractivity contribution is -0.384. The predicted octanol–water partition coefficient (Wildman–Crippen LogP) is 6.51. The number of oxazole rings is 1. The van der Waals surface area contributed by atoms with Crippen LogP contribution in [0, 0.1) is 29.9 Å². The lowest BCUT2D eigenvalue weighted by Crippen LogP contribution is -2.33. The molecule has 0 unspecified atom stereocenters. The molecule has 1 amide bonds. The number of hydrogen-bond donors (Lipinski definition) is 1. The zero-order valence-electron chi connectivity index (χ0n) is 20.6. The van der Waals surface area contributed by atoms with Gasteiger partial charge in [0.05, 0.1) is 4.92 Å². The van der Waals surface area contributed by atoms with E-state index in [1.54, 1.807) is 30.3 Å². The normalized spacial score (nSPS) is 14.2. The molecule has 0 saturated carbocycles. The highest BCUT2D eigenvalue weighted by Crippen LogP contribution is 2.33. The molecule has 0 spiro atoms. The number of amides is 1. The molecule has 1 aliphatic rings. The zero-order chi connectivity index (χ0) is 25.4. The smallest absolute Gasteiger partial charge is 0.293 e. The van der Waals surface area contributed by atoms with Crippen LogP contribution >= 0.6 is 0 Å². The van der Waals surface area contributed by atoms with E-state index in [2.05, 4.69) is 17.2 Å². The molecule has 4 aromatic rings. The molecule has 0 radical (unpaired) electrons. The third kappa shape index (κ3) is 4.66. The van der Waals surface area contributed by atoms with Crippen LogP contribution in [0.25, 0.3) is 22.6 Å².